The first-order valence-electron chi connectivity index (χ1n) is 17.5. The average Bonchev–Trinajstić information content (AvgIpc) is 3.02. The Morgan fingerprint density at radius 3 is 1.32 bits per heavy atom. The number of ketones is 1. The Morgan fingerprint density at radius 2 is 0.912 bits per heavy atom. The fourth-order valence-corrected chi connectivity index (χ4v) is 5.90. The van der Waals surface area contributed by atoms with Crippen molar-refractivity contribution in [1.82, 2.24) is 0 Å². The summed E-state index contributed by atoms with van der Waals surface area (Å²) < 4.78 is 21.4. The first kappa shape index (κ1) is 44.6. The van der Waals surface area contributed by atoms with Crippen molar-refractivity contribution in [3.63, 3.8) is 0 Å². The molecule has 0 aliphatic rings. The summed E-state index contributed by atoms with van der Waals surface area (Å²) in [5.41, 5.74) is -1.23. The summed E-state index contributed by atoms with van der Waals surface area (Å²) in [7, 11) is 0. The molecule has 306 valence electrons. The molecule has 0 saturated carbocycles. The van der Waals surface area contributed by atoms with E-state index in [9.17, 15) is 64.5 Å². The predicted molar refractivity (Wildman–Crippen MR) is 197 cm³/mol. The van der Waals surface area contributed by atoms with E-state index in [-0.39, 0.29) is 47.3 Å². The van der Waals surface area contributed by atoms with Crippen molar-refractivity contribution in [1.29, 1.82) is 0 Å². The summed E-state index contributed by atoms with van der Waals surface area (Å²) in [5.74, 6) is -8.94. The Hall–Kier alpha value is -6.78. The van der Waals surface area contributed by atoms with Crippen LogP contribution in [-0.2, 0) is 52.6 Å². The lowest BCUT2D eigenvalue weighted by Crippen LogP contribution is -2.25. The van der Waals surface area contributed by atoms with Gasteiger partial charge in [0, 0.05) is 37.5 Å². The van der Waals surface area contributed by atoms with E-state index in [0.717, 1.165) is 36.4 Å². The van der Waals surface area contributed by atoms with Crippen molar-refractivity contribution in [3.8, 4) is 34.5 Å². The molecule has 0 heterocycles. The lowest BCUT2D eigenvalue weighted by molar-refractivity contribution is -0.151. The topological polar surface area (TPSA) is 281 Å². The van der Waals surface area contributed by atoms with Gasteiger partial charge in [-0.1, -0.05) is 6.08 Å². The summed E-state index contributed by atoms with van der Waals surface area (Å²) in [5, 5.41) is 70.1. The van der Waals surface area contributed by atoms with Gasteiger partial charge in [-0.05, 0) is 75.6 Å². The van der Waals surface area contributed by atoms with Crippen LogP contribution in [0.1, 0.15) is 95.2 Å². The maximum absolute atomic E-state index is 13.2. The fourth-order valence-electron chi connectivity index (χ4n) is 5.90. The number of benzene rings is 3. The highest BCUT2D eigenvalue weighted by molar-refractivity contribution is 5.99. The minimum Gasteiger partial charge on any atom is -0.508 e. The summed E-state index contributed by atoms with van der Waals surface area (Å²) >= 11 is 0. The van der Waals surface area contributed by atoms with Crippen LogP contribution < -0.4 is 0 Å². The standard InChI is InChI=1S/C40H44O17/c1-6-7-26(41)12-25-15-29(44)18-32(47)37(25)40(53)57-22(5)11-34(49)55-20(3)9-24-14-28(43)17-31(46)36(24)39(52)56-21(4)10-33(48)54-19(2)8-23-13-27(42)16-30(45)35(23)38(50)51/h6-7,13-22,42-47H,8-12H2,1-5H3,(H,50,51)/b7-6+/t19-,20-,21-,22-/m1/s1. The van der Waals surface area contributed by atoms with Gasteiger partial charge in [0.25, 0.3) is 0 Å². The Labute approximate surface area is 326 Å². The number of hydrogen-bond acceptors (Lipinski definition) is 16. The van der Waals surface area contributed by atoms with Crippen LogP contribution in [0, 0.1) is 0 Å². The van der Waals surface area contributed by atoms with Crippen LogP contribution in [0.2, 0.25) is 0 Å². The van der Waals surface area contributed by atoms with Gasteiger partial charge in [0.1, 0.15) is 75.6 Å². The number of phenolic OH excluding ortho intramolecular Hbond substituents is 5. The molecule has 3 rings (SSSR count). The third-order valence-corrected chi connectivity index (χ3v) is 8.10. The van der Waals surface area contributed by atoms with Crippen LogP contribution >= 0.6 is 0 Å². The fraction of sp³-hybridized carbons (Fsp3) is 0.350. The molecule has 4 atom stereocenters. The van der Waals surface area contributed by atoms with Gasteiger partial charge in [0.15, 0.2) is 5.78 Å². The monoisotopic (exact) mass is 796 g/mol. The molecule has 0 unspecified atom stereocenters. The summed E-state index contributed by atoms with van der Waals surface area (Å²) in [6.07, 6.45) is -3.08. The van der Waals surface area contributed by atoms with Gasteiger partial charge in [0.05, 0.1) is 12.8 Å². The third-order valence-electron chi connectivity index (χ3n) is 8.10. The van der Waals surface area contributed by atoms with Gasteiger partial charge in [-0.2, -0.15) is 0 Å². The molecule has 0 saturated heterocycles. The number of ether oxygens (including phenoxy) is 4. The Balaban J connectivity index is 1.61. The number of carbonyl (C=O) groups excluding carboxylic acids is 5. The zero-order chi connectivity index (χ0) is 42.7. The molecule has 17 nitrogen and oxygen atoms in total. The van der Waals surface area contributed by atoms with Crippen molar-refractivity contribution in [2.45, 2.75) is 91.1 Å². The van der Waals surface area contributed by atoms with Crippen molar-refractivity contribution in [2.75, 3.05) is 0 Å². The van der Waals surface area contributed by atoms with Crippen molar-refractivity contribution >= 4 is 35.6 Å². The first-order chi connectivity index (χ1) is 26.7. The van der Waals surface area contributed by atoms with Crippen molar-refractivity contribution in [3.05, 3.63) is 81.9 Å². The van der Waals surface area contributed by atoms with E-state index >= 15 is 0 Å². The second-order valence-corrected chi connectivity index (χ2v) is 13.3. The normalized spacial score (nSPS) is 13.2. The van der Waals surface area contributed by atoms with E-state index in [0.29, 0.717) is 0 Å². The molecule has 3 aromatic rings. The highest BCUT2D eigenvalue weighted by Crippen LogP contribution is 2.32. The number of carboxylic acid groups (broad SMARTS) is 1. The van der Waals surface area contributed by atoms with Gasteiger partial charge in [0.2, 0.25) is 0 Å². The number of aromatic hydroxyl groups is 6. The number of carbonyl (C=O) groups is 6. The van der Waals surface area contributed by atoms with Gasteiger partial charge in [-0.15, -0.1) is 0 Å². The molecule has 17 heteroatoms. The lowest BCUT2D eigenvalue weighted by Gasteiger charge is -2.20. The van der Waals surface area contributed by atoms with Gasteiger partial charge >= 0.3 is 29.8 Å². The predicted octanol–water partition coefficient (Wildman–Crippen LogP) is 4.53. The van der Waals surface area contributed by atoms with Gasteiger partial charge in [-0.3, -0.25) is 14.4 Å². The number of phenols is 6. The molecular formula is C40H44O17. The van der Waals surface area contributed by atoms with Gasteiger partial charge < -0.3 is 54.7 Å². The van der Waals surface area contributed by atoms with Crippen LogP contribution in [0.4, 0.5) is 0 Å². The highest BCUT2D eigenvalue weighted by atomic mass is 16.6. The summed E-state index contributed by atoms with van der Waals surface area (Å²) in [6.45, 7) is 7.25. The van der Waals surface area contributed by atoms with Crippen LogP contribution in [0.5, 0.6) is 34.5 Å². The van der Waals surface area contributed by atoms with E-state index < -0.39 is 113 Å². The second kappa shape index (κ2) is 19.7. The van der Waals surface area contributed by atoms with Gasteiger partial charge in [-0.25, -0.2) is 14.4 Å². The molecule has 0 amide bonds. The lowest BCUT2D eigenvalue weighted by atomic mass is 10.00. The molecule has 0 aromatic heterocycles. The highest BCUT2D eigenvalue weighted by Gasteiger charge is 2.28. The first-order valence-corrected chi connectivity index (χ1v) is 17.5. The maximum Gasteiger partial charge on any atom is 0.342 e. The average molecular weight is 797 g/mol. The van der Waals surface area contributed by atoms with E-state index in [1.54, 1.807) is 6.92 Å². The molecule has 0 aliphatic carbocycles. The van der Waals surface area contributed by atoms with E-state index in [2.05, 4.69) is 0 Å². The van der Waals surface area contributed by atoms with E-state index in [1.165, 1.54) is 39.8 Å². The molecule has 0 fully saturated rings. The largest absolute Gasteiger partial charge is 0.508 e. The summed E-state index contributed by atoms with van der Waals surface area (Å²) in [6, 6.07) is 6.02. The molecule has 0 bridgehead atoms. The van der Waals surface area contributed by atoms with Crippen LogP contribution in [-0.4, -0.2) is 95.8 Å². The molecule has 7 N–H and O–H groups in total. The number of carboxylic acids is 1. The number of esters is 4. The Kier molecular flexibility index (Phi) is 15.4. The SMILES string of the molecule is C/C=C/C(=O)Cc1cc(O)cc(O)c1C(=O)O[C@H](C)CC(=O)O[C@H](C)Cc1cc(O)cc(O)c1C(=O)O[C@H](C)CC(=O)O[C@H](C)Cc1cc(O)cc(O)c1C(=O)O. The molecule has 0 spiro atoms. The van der Waals surface area contributed by atoms with Crippen LogP contribution in [0.25, 0.3) is 0 Å². The van der Waals surface area contributed by atoms with E-state index in [1.807, 2.05) is 0 Å². The van der Waals surface area contributed by atoms with Crippen molar-refractivity contribution in [2.24, 2.45) is 0 Å². The zero-order valence-electron chi connectivity index (χ0n) is 31.7. The van der Waals surface area contributed by atoms with Crippen molar-refractivity contribution < 1.29 is 83.5 Å². The Bertz CT molecular complexity index is 2050. The van der Waals surface area contributed by atoms with Crippen LogP contribution in [0.3, 0.4) is 0 Å². The smallest absolute Gasteiger partial charge is 0.342 e. The third kappa shape index (κ3) is 12.9. The zero-order valence-corrected chi connectivity index (χ0v) is 31.7. The number of aromatic carboxylic acids is 1. The molecule has 3 aromatic carbocycles. The minimum absolute atomic E-state index is 0.00168. The second-order valence-electron chi connectivity index (χ2n) is 13.3. The minimum atomic E-state index is -1.46. The molecular weight excluding hydrogens is 752 g/mol. The molecule has 57 heavy (non-hydrogen) atoms. The number of allylic oxidation sites excluding steroid dienone is 2. The summed E-state index contributed by atoms with van der Waals surface area (Å²) in [4.78, 5) is 75.3. The quantitative estimate of drug-likeness (QED) is 0.0529. The van der Waals surface area contributed by atoms with E-state index in [4.69, 9.17) is 18.9 Å². The molecule has 0 radical (unpaired) electrons. The Morgan fingerprint density at radius 1 is 0.544 bits per heavy atom. The number of rotatable bonds is 18. The maximum atomic E-state index is 13.2. The number of hydrogen-bond donors (Lipinski definition) is 7. The van der Waals surface area contributed by atoms with Crippen LogP contribution in [0.15, 0.2) is 48.6 Å². The molecule has 0 aliphatic heterocycles.